The molecule has 0 radical (unpaired) electrons. The summed E-state index contributed by atoms with van der Waals surface area (Å²) in [5.74, 6) is -2.61. The van der Waals surface area contributed by atoms with Crippen LogP contribution in [0.4, 0.5) is 0 Å². The third-order valence-corrected chi connectivity index (χ3v) is 5.81. The molecule has 2 aliphatic carbocycles. The summed E-state index contributed by atoms with van der Waals surface area (Å²) < 4.78 is 21.2. The highest BCUT2D eigenvalue weighted by molar-refractivity contribution is 6.47. The van der Waals surface area contributed by atoms with Crippen molar-refractivity contribution in [3.63, 3.8) is 0 Å². The van der Waals surface area contributed by atoms with Crippen LogP contribution in [-0.4, -0.2) is 50.9 Å². The SMILES string of the molecule is COC(=O)[C@H]1[C@@H]2CON=C2c2cc3c(cc2[C@H]1C1=CC(=O)C(=O)C(OC)=C1)OCO3. The van der Waals surface area contributed by atoms with Gasteiger partial charge in [-0.15, -0.1) is 0 Å². The van der Waals surface area contributed by atoms with Gasteiger partial charge in [-0.2, -0.15) is 0 Å². The first kappa shape index (κ1) is 18.4. The molecule has 5 rings (SSSR count). The van der Waals surface area contributed by atoms with Gasteiger partial charge in [0.05, 0.1) is 31.8 Å². The van der Waals surface area contributed by atoms with Crippen molar-refractivity contribution < 1.29 is 38.2 Å². The number of nitrogens with zero attached hydrogens (tertiary/aromatic N) is 1. The smallest absolute Gasteiger partial charge is 0.310 e. The minimum atomic E-state index is -0.732. The molecule has 1 aromatic rings. The number of carbonyl (C=O) groups excluding carboxylic acids is 3. The number of allylic oxidation sites excluding steroid dienone is 4. The monoisotopic (exact) mass is 411 g/mol. The Balaban J connectivity index is 1.75. The predicted molar refractivity (Wildman–Crippen MR) is 100.0 cm³/mol. The highest BCUT2D eigenvalue weighted by atomic mass is 16.7. The lowest BCUT2D eigenvalue weighted by atomic mass is 9.65. The van der Waals surface area contributed by atoms with Crippen LogP contribution in [0.25, 0.3) is 0 Å². The van der Waals surface area contributed by atoms with Crippen LogP contribution >= 0.6 is 0 Å². The maximum Gasteiger partial charge on any atom is 0.310 e. The molecule has 0 saturated carbocycles. The Morgan fingerprint density at radius 3 is 2.63 bits per heavy atom. The van der Waals surface area contributed by atoms with Crippen molar-refractivity contribution in [3.8, 4) is 11.5 Å². The summed E-state index contributed by atoms with van der Waals surface area (Å²) in [7, 11) is 2.63. The summed E-state index contributed by atoms with van der Waals surface area (Å²) in [6, 6.07) is 3.58. The highest BCUT2D eigenvalue weighted by Gasteiger charge is 2.50. The molecular formula is C21H17NO8. The molecule has 9 heteroatoms. The Hall–Kier alpha value is -3.62. The number of benzene rings is 1. The topological polar surface area (TPSA) is 110 Å². The maximum absolute atomic E-state index is 12.9. The zero-order valence-corrected chi connectivity index (χ0v) is 16.2. The van der Waals surface area contributed by atoms with Crippen LogP contribution in [0, 0.1) is 11.8 Å². The van der Waals surface area contributed by atoms with E-state index in [1.807, 2.05) is 0 Å². The molecule has 1 aromatic carbocycles. The van der Waals surface area contributed by atoms with Crippen LogP contribution in [0.2, 0.25) is 0 Å². The molecule has 0 saturated heterocycles. The number of esters is 1. The molecule has 2 heterocycles. The summed E-state index contributed by atoms with van der Waals surface area (Å²) in [5.41, 5.74) is 2.53. The molecule has 0 unspecified atom stereocenters. The number of rotatable bonds is 3. The number of Topliss-reactive ketones (excluding diaryl/α,β-unsaturated/α-hetero) is 1. The molecule has 0 N–H and O–H groups in total. The molecule has 30 heavy (non-hydrogen) atoms. The summed E-state index contributed by atoms with van der Waals surface area (Å²) in [5, 5.41) is 4.16. The fraction of sp³-hybridized carbons (Fsp3) is 0.333. The van der Waals surface area contributed by atoms with Gasteiger partial charge >= 0.3 is 5.97 Å². The quantitative estimate of drug-likeness (QED) is 0.415. The summed E-state index contributed by atoms with van der Waals surface area (Å²) >= 11 is 0. The van der Waals surface area contributed by atoms with Crippen LogP contribution in [0.3, 0.4) is 0 Å². The second-order valence-electron chi connectivity index (χ2n) is 7.25. The van der Waals surface area contributed by atoms with E-state index in [1.165, 1.54) is 26.4 Å². The molecule has 9 nitrogen and oxygen atoms in total. The lowest BCUT2D eigenvalue weighted by Gasteiger charge is -2.36. The second kappa shape index (κ2) is 6.72. The van der Waals surface area contributed by atoms with E-state index < -0.39 is 29.4 Å². The third kappa shape index (κ3) is 2.54. The van der Waals surface area contributed by atoms with E-state index in [-0.39, 0.29) is 25.1 Å². The molecule has 4 aliphatic rings. The molecule has 3 atom stereocenters. The van der Waals surface area contributed by atoms with E-state index in [2.05, 4.69) is 5.16 Å². The van der Waals surface area contributed by atoms with Crippen molar-refractivity contribution in [3.05, 3.63) is 46.7 Å². The zero-order chi connectivity index (χ0) is 21.0. The van der Waals surface area contributed by atoms with E-state index in [0.717, 1.165) is 5.56 Å². The highest BCUT2D eigenvalue weighted by Crippen LogP contribution is 2.50. The van der Waals surface area contributed by atoms with Crippen LogP contribution in [-0.2, 0) is 28.7 Å². The van der Waals surface area contributed by atoms with E-state index in [0.29, 0.717) is 28.3 Å². The number of methoxy groups -OCH3 is 2. The van der Waals surface area contributed by atoms with Crippen molar-refractivity contribution in [2.24, 2.45) is 17.0 Å². The van der Waals surface area contributed by atoms with Gasteiger partial charge in [0, 0.05) is 11.5 Å². The Bertz CT molecular complexity index is 1080. The first-order valence-corrected chi connectivity index (χ1v) is 9.31. The Kier molecular flexibility index (Phi) is 4.12. The molecule has 0 spiro atoms. The van der Waals surface area contributed by atoms with Gasteiger partial charge in [0.2, 0.25) is 12.6 Å². The minimum Gasteiger partial charge on any atom is -0.492 e. The van der Waals surface area contributed by atoms with Gasteiger partial charge < -0.3 is 23.8 Å². The van der Waals surface area contributed by atoms with Gasteiger partial charge in [-0.3, -0.25) is 14.4 Å². The maximum atomic E-state index is 12.9. The summed E-state index contributed by atoms with van der Waals surface area (Å²) in [6.07, 6.45) is 2.74. The fourth-order valence-corrected chi connectivity index (χ4v) is 4.47. The number of hydrogen-bond donors (Lipinski definition) is 0. The van der Waals surface area contributed by atoms with Crippen molar-refractivity contribution in [2.45, 2.75) is 5.92 Å². The Labute approximate surface area is 170 Å². The Morgan fingerprint density at radius 2 is 1.90 bits per heavy atom. The number of carbonyl (C=O) groups is 3. The Morgan fingerprint density at radius 1 is 1.13 bits per heavy atom. The van der Waals surface area contributed by atoms with E-state index in [1.54, 1.807) is 12.1 Å². The first-order chi connectivity index (χ1) is 14.5. The molecule has 0 bridgehead atoms. The largest absolute Gasteiger partial charge is 0.492 e. The first-order valence-electron chi connectivity index (χ1n) is 9.31. The van der Waals surface area contributed by atoms with Crippen LogP contribution in [0.5, 0.6) is 11.5 Å². The molecule has 0 fully saturated rings. The molecule has 0 aromatic heterocycles. The molecular weight excluding hydrogens is 394 g/mol. The van der Waals surface area contributed by atoms with Crippen molar-refractivity contribution in [1.82, 2.24) is 0 Å². The van der Waals surface area contributed by atoms with Crippen molar-refractivity contribution in [1.29, 1.82) is 0 Å². The lowest BCUT2D eigenvalue weighted by Crippen LogP contribution is -2.41. The predicted octanol–water partition coefficient (Wildman–Crippen LogP) is 1.26. The summed E-state index contributed by atoms with van der Waals surface area (Å²) in [4.78, 5) is 42.6. The average Bonchev–Trinajstić information content (AvgIpc) is 3.41. The minimum absolute atomic E-state index is 0.0782. The van der Waals surface area contributed by atoms with E-state index >= 15 is 0 Å². The summed E-state index contributed by atoms with van der Waals surface area (Å²) in [6.45, 7) is 0.277. The molecule has 2 aliphatic heterocycles. The van der Waals surface area contributed by atoms with E-state index in [4.69, 9.17) is 23.8 Å². The van der Waals surface area contributed by atoms with Gasteiger partial charge in [-0.1, -0.05) is 5.16 Å². The van der Waals surface area contributed by atoms with Crippen LogP contribution < -0.4 is 9.47 Å². The van der Waals surface area contributed by atoms with Gasteiger partial charge in [-0.25, -0.2) is 0 Å². The van der Waals surface area contributed by atoms with Gasteiger partial charge in [0.1, 0.15) is 6.61 Å². The zero-order valence-electron chi connectivity index (χ0n) is 16.2. The van der Waals surface area contributed by atoms with Crippen LogP contribution in [0.15, 0.2) is 40.8 Å². The average molecular weight is 411 g/mol. The van der Waals surface area contributed by atoms with Gasteiger partial charge in [-0.05, 0) is 35.4 Å². The van der Waals surface area contributed by atoms with Gasteiger partial charge in [0.15, 0.2) is 17.3 Å². The van der Waals surface area contributed by atoms with Crippen LogP contribution in [0.1, 0.15) is 17.0 Å². The lowest BCUT2D eigenvalue weighted by molar-refractivity contribution is -0.147. The van der Waals surface area contributed by atoms with Crippen molar-refractivity contribution in [2.75, 3.05) is 27.6 Å². The molecule has 0 amide bonds. The normalized spacial score (nSPS) is 26.1. The van der Waals surface area contributed by atoms with Crippen molar-refractivity contribution >= 4 is 23.2 Å². The fourth-order valence-electron chi connectivity index (χ4n) is 4.47. The third-order valence-electron chi connectivity index (χ3n) is 5.81. The number of fused-ring (bicyclic) bond motifs is 4. The standard InChI is InChI=1S/C21H17NO8/c1-26-16-4-9(3-13(23)20(16)24)17-10-5-14-15(29-8-28-14)6-11(10)19-12(7-30-22-19)18(17)21(25)27-2/h3-6,12,17-18H,7-8H2,1-2H3/t12-,17+,18-/m0/s1. The number of ketones is 2. The second-order valence-corrected chi connectivity index (χ2v) is 7.25. The molecule has 154 valence electrons. The number of hydrogen-bond acceptors (Lipinski definition) is 9. The van der Waals surface area contributed by atoms with Gasteiger partial charge in [0.25, 0.3) is 5.78 Å². The van der Waals surface area contributed by atoms with E-state index in [9.17, 15) is 14.4 Å². The number of ether oxygens (including phenoxy) is 4. The number of oxime groups is 1.